The van der Waals surface area contributed by atoms with Crippen LogP contribution in [-0.4, -0.2) is 39.1 Å². The molecular weight excluding hydrogens is 397 g/mol. The minimum absolute atomic E-state index is 0.176. The molecule has 4 N–H and O–H groups in total. The molecule has 156 valence electrons. The number of H-pyrrole nitrogens is 1. The molecule has 0 unspecified atom stereocenters. The number of rotatable bonds is 6. The number of anilines is 1. The number of hydrogen-bond donors (Lipinski definition) is 4. The number of benzene rings is 1. The average Bonchev–Trinajstić information content (AvgIpc) is 2.63. The number of halogens is 3. The first-order valence-electron chi connectivity index (χ1n) is 8.20. The highest BCUT2D eigenvalue weighted by molar-refractivity contribution is 5.97. The molecular formula is C17H17F3N4O5. The van der Waals surface area contributed by atoms with Crippen LogP contribution in [0.15, 0.2) is 40.1 Å². The zero-order chi connectivity index (χ0) is 21.8. The largest absolute Gasteiger partial charge is 0.416 e. The molecule has 0 saturated heterocycles. The van der Waals surface area contributed by atoms with E-state index in [9.17, 15) is 37.5 Å². The molecule has 2 amide bonds. The van der Waals surface area contributed by atoms with Crippen molar-refractivity contribution in [3.8, 4) is 0 Å². The third-order valence-corrected chi connectivity index (χ3v) is 3.79. The molecule has 0 bridgehead atoms. The Labute approximate surface area is 161 Å². The van der Waals surface area contributed by atoms with E-state index in [1.54, 1.807) is 0 Å². The maximum Gasteiger partial charge on any atom is 0.416 e. The summed E-state index contributed by atoms with van der Waals surface area (Å²) in [5, 5.41) is 13.7. The van der Waals surface area contributed by atoms with Crippen LogP contribution in [0.2, 0.25) is 0 Å². The van der Waals surface area contributed by atoms with E-state index in [0.717, 1.165) is 22.9 Å². The normalized spacial score (nSPS) is 12.3. The van der Waals surface area contributed by atoms with Gasteiger partial charge in [0.1, 0.15) is 12.6 Å². The van der Waals surface area contributed by atoms with Crippen LogP contribution < -0.4 is 21.9 Å². The molecule has 0 aliphatic heterocycles. The quantitative estimate of drug-likeness (QED) is 0.527. The summed E-state index contributed by atoms with van der Waals surface area (Å²) in [6.07, 6.45) is -3.45. The molecule has 1 aromatic heterocycles. The van der Waals surface area contributed by atoms with Gasteiger partial charge in [0.2, 0.25) is 11.8 Å². The topological polar surface area (TPSA) is 133 Å². The number of aryl methyl sites for hydroxylation is 1. The van der Waals surface area contributed by atoms with E-state index < -0.39 is 54.0 Å². The number of carbonyl (C=O) groups excluding carboxylic acids is 2. The lowest BCUT2D eigenvalue weighted by Crippen LogP contribution is -2.48. The van der Waals surface area contributed by atoms with Gasteiger partial charge in [-0.05, 0) is 25.1 Å². The van der Waals surface area contributed by atoms with E-state index in [0.29, 0.717) is 6.07 Å². The zero-order valence-electron chi connectivity index (χ0n) is 15.0. The van der Waals surface area contributed by atoms with Crippen LogP contribution in [0.4, 0.5) is 18.9 Å². The smallest absolute Gasteiger partial charge is 0.394 e. The van der Waals surface area contributed by atoms with Crippen molar-refractivity contribution in [2.45, 2.75) is 25.7 Å². The number of nitrogens with one attached hydrogen (secondary N) is 3. The SMILES string of the molecule is Cc1cn(CC(=O)N[C@@H](CO)C(=O)Nc2cccc(C(F)(F)F)c2)c(=O)[nH]c1=O. The number of hydrogen-bond acceptors (Lipinski definition) is 5. The van der Waals surface area contributed by atoms with Crippen LogP contribution in [0.25, 0.3) is 0 Å². The predicted octanol–water partition coefficient (Wildman–Crippen LogP) is -0.0204. The van der Waals surface area contributed by atoms with Gasteiger partial charge in [0.25, 0.3) is 5.56 Å². The van der Waals surface area contributed by atoms with Crippen molar-refractivity contribution in [2.75, 3.05) is 11.9 Å². The summed E-state index contributed by atoms with van der Waals surface area (Å²) >= 11 is 0. The molecule has 29 heavy (non-hydrogen) atoms. The molecule has 1 aromatic carbocycles. The van der Waals surface area contributed by atoms with Crippen LogP contribution in [0.5, 0.6) is 0 Å². The van der Waals surface area contributed by atoms with Crippen molar-refractivity contribution >= 4 is 17.5 Å². The Morgan fingerprint density at radius 2 is 1.97 bits per heavy atom. The van der Waals surface area contributed by atoms with E-state index in [1.807, 2.05) is 4.98 Å². The van der Waals surface area contributed by atoms with Gasteiger partial charge in [0.15, 0.2) is 0 Å². The summed E-state index contributed by atoms with van der Waals surface area (Å²) in [5.41, 5.74) is -2.43. The summed E-state index contributed by atoms with van der Waals surface area (Å²) < 4.78 is 39.1. The number of carbonyl (C=O) groups is 2. The standard InChI is InChI=1S/C17H17F3N4O5/c1-9-6-24(16(29)23-14(9)27)7-13(26)22-12(8-25)15(28)21-11-4-2-3-10(5-11)17(18,19)20/h2-6,12,25H,7-8H2,1H3,(H,21,28)(H,22,26)(H,23,27,29)/t12-/m0/s1. The molecule has 2 aromatic rings. The van der Waals surface area contributed by atoms with Gasteiger partial charge in [-0.2, -0.15) is 13.2 Å². The minimum Gasteiger partial charge on any atom is -0.394 e. The lowest BCUT2D eigenvalue weighted by atomic mass is 10.2. The predicted molar refractivity (Wildman–Crippen MR) is 95.1 cm³/mol. The number of aromatic nitrogens is 2. The van der Waals surface area contributed by atoms with Crippen molar-refractivity contribution in [1.82, 2.24) is 14.9 Å². The summed E-state index contributed by atoms with van der Waals surface area (Å²) in [6.45, 7) is 0.0333. The van der Waals surface area contributed by atoms with E-state index in [4.69, 9.17) is 0 Å². The monoisotopic (exact) mass is 414 g/mol. The Morgan fingerprint density at radius 3 is 2.59 bits per heavy atom. The highest BCUT2D eigenvalue weighted by Crippen LogP contribution is 2.30. The highest BCUT2D eigenvalue weighted by atomic mass is 19.4. The van der Waals surface area contributed by atoms with Crippen molar-refractivity contribution in [3.05, 3.63) is 62.4 Å². The Bertz CT molecular complexity index is 1030. The number of nitrogens with zero attached hydrogens (tertiary/aromatic N) is 1. The van der Waals surface area contributed by atoms with Gasteiger partial charge in [0, 0.05) is 17.4 Å². The molecule has 1 heterocycles. The molecule has 9 nitrogen and oxygen atoms in total. The molecule has 0 aliphatic carbocycles. The van der Waals surface area contributed by atoms with Crippen LogP contribution in [-0.2, 0) is 22.3 Å². The maximum absolute atomic E-state index is 12.7. The second kappa shape index (κ2) is 8.73. The van der Waals surface area contributed by atoms with Crippen molar-refractivity contribution in [3.63, 3.8) is 0 Å². The highest BCUT2D eigenvalue weighted by Gasteiger charge is 2.30. The Balaban J connectivity index is 2.07. The van der Waals surface area contributed by atoms with Gasteiger partial charge in [-0.3, -0.25) is 23.9 Å². The number of aromatic amines is 1. The van der Waals surface area contributed by atoms with Crippen LogP contribution in [0.3, 0.4) is 0 Å². The van der Waals surface area contributed by atoms with Crippen LogP contribution in [0, 0.1) is 6.92 Å². The molecule has 0 radical (unpaired) electrons. The van der Waals surface area contributed by atoms with E-state index in [-0.39, 0.29) is 11.3 Å². The number of alkyl halides is 3. The lowest BCUT2D eigenvalue weighted by Gasteiger charge is -2.17. The molecule has 2 rings (SSSR count). The number of aliphatic hydroxyl groups is 1. The fourth-order valence-electron chi connectivity index (χ4n) is 2.33. The van der Waals surface area contributed by atoms with Gasteiger partial charge in [0.05, 0.1) is 12.2 Å². The molecule has 0 spiro atoms. The third-order valence-electron chi connectivity index (χ3n) is 3.79. The van der Waals surface area contributed by atoms with Crippen molar-refractivity contribution in [2.24, 2.45) is 0 Å². The molecule has 0 fully saturated rings. The van der Waals surface area contributed by atoms with Crippen LogP contribution in [0.1, 0.15) is 11.1 Å². The second-order valence-corrected chi connectivity index (χ2v) is 6.07. The summed E-state index contributed by atoms with van der Waals surface area (Å²) in [5.74, 6) is -1.79. The van der Waals surface area contributed by atoms with E-state index >= 15 is 0 Å². The average molecular weight is 414 g/mol. The van der Waals surface area contributed by atoms with Crippen LogP contribution >= 0.6 is 0 Å². The first kappa shape index (κ1) is 21.9. The van der Waals surface area contributed by atoms with Crippen molar-refractivity contribution < 1.29 is 27.9 Å². The molecule has 0 aliphatic rings. The number of amides is 2. The fourth-order valence-corrected chi connectivity index (χ4v) is 2.33. The summed E-state index contributed by atoms with van der Waals surface area (Å²) in [7, 11) is 0. The molecule has 12 heteroatoms. The fraction of sp³-hybridized carbons (Fsp3) is 0.294. The lowest BCUT2D eigenvalue weighted by molar-refractivity contribution is -0.137. The zero-order valence-corrected chi connectivity index (χ0v) is 15.0. The minimum atomic E-state index is -4.60. The van der Waals surface area contributed by atoms with Gasteiger partial charge < -0.3 is 15.7 Å². The van der Waals surface area contributed by atoms with E-state index in [1.165, 1.54) is 13.0 Å². The van der Waals surface area contributed by atoms with Gasteiger partial charge in [-0.25, -0.2) is 4.79 Å². The Morgan fingerprint density at radius 1 is 1.28 bits per heavy atom. The molecule has 0 saturated carbocycles. The summed E-state index contributed by atoms with van der Waals surface area (Å²) in [6, 6.07) is 2.36. The van der Waals surface area contributed by atoms with Gasteiger partial charge in [-0.15, -0.1) is 0 Å². The summed E-state index contributed by atoms with van der Waals surface area (Å²) in [4.78, 5) is 49.3. The van der Waals surface area contributed by atoms with Gasteiger partial charge in [-0.1, -0.05) is 6.07 Å². The second-order valence-electron chi connectivity index (χ2n) is 6.07. The van der Waals surface area contributed by atoms with Gasteiger partial charge >= 0.3 is 11.9 Å². The third kappa shape index (κ3) is 5.78. The first-order chi connectivity index (χ1) is 13.5. The van der Waals surface area contributed by atoms with E-state index in [2.05, 4.69) is 10.6 Å². The number of aliphatic hydroxyl groups excluding tert-OH is 1. The van der Waals surface area contributed by atoms with Crippen molar-refractivity contribution in [1.29, 1.82) is 0 Å². The maximum atomic E-state index is 12.7. The Kier molecular flexibility index (Phi) is 6.59. The first-order valence-corrected chi connectivity index (χ1v) is 8.20. The molecule has 1 atom stereocenters. The Hall–Kier alpha value is -3.41.